The molecule has 8 heteroatoms. The fourth-order valence-corrected chi connectivity index (χ4v) is 10.3. The number of carbonyl (C=O) groups excluding carboxylic acids is 2. The van der Waals surface area contributed by atoms with Crippen molar-refractivity contribution in [1.29, 1.82) is 0 Å². The second-order valence-corrected chi connectivity index (χ2v) is 17.1. The molecule has 1 fully saturated rings. The summed E-state index contributed by atoms with van der Waals surface area (Å²) in [6.45, 7) is 14.4. The van der Waals surface area contributed by atoms with Gasteiger partial charge in [-0.25, -0.2) is 9.59 Å². The number of piperazine rings is 1. The predicted molar refractivity (Wildman–Crippen MR) is 170 cm³/mol. The molecule has 0 bridgehead atoms. The van der Waals surface area contributed by atoms with Crippen molar-refractivity contribution in [2.24, 2.45) is 0 Å². The Morgan fingerprint density at radius 3 is 1.83 bits per heavy atom. The first-order valence-corrected chi connectivity index (χ1v) is 16.4. The highest BCUT2D eigenvalue weighted by atomic mass is 28.4. The normalized spacial score (nSPS) is 16.2. The summed E-state index contributed by atoms with van der Waals surface area (Å²) in [6, 6.07) is 28.4. The highest BCUT2D eigenvalue weighted by Gasteiger charge is 2.51. The summed E-state index contributed by atoms with van der Waals surface area (Å²) in [4.78, 5) is 29.3. The lowest BCUT2D eigenvalue weighted by molar-refractivity contribution is 0.0199. The molecule has 0 N–H and O–H groups in total. The van der Waals surface area contributed by atoms with Gasteiger partial charge in [0, 0.05) is 25.3 Å². The number of rotatable bonds is 7. The van der Waals surface area contributed by atoms with E-state index in [1.165, 1.54) is 17.5 Å². The van der Waals surface area contributed by atoms with Crippen molar-refractivity contribution < 1.29 is 23.5 Å². The van der Waals surface area contributed by atoms with Crippen molar-refractivity contribution in [3.05, 3.63) is 90.5 Å². The average Bonchev–Trinajstić information content (AvgIpc) is 2.96. The quantitative estimate of drug-likeness (QED) is 0.269. The molecule has 1 amide bonds. The third kappa shape index (κ3) is 6.87. The lowest BCUT2D eigenvalue weighted by Gasteiger charge is -2.47. The van der Waals surface area contributed by atoms with Crippen LogP contribution in [0.3, 0.4) is 0 Å². The first-order valence-electron chi connectivity index (χ1n) is 14.5. The van der Waals surface area contributed by atoms with Crippen molar-refractivity contribution in [2.45, 2.75) is 58.2 Å². The molecule has 0 spiro atoms. The zero-order valence-electron chi connectivity index (χ0n) is 25.9. The monoisotopic (exact) mass is 588 g/mol. The molecule has 3 aromatic rings. The lowest BCUT2D eigenvalue weighted by atomic mass is 10.1. The van der Waals surface area contributed by atoms with Gasteiger partial charge in [0.05, 0.1) is 25.3 Å². The molecule has 3 aromatic carbocycles. The van der Waals surface area contributed by atoms with Crippen molar-refractivity contribution in [3.63, 3.8) is 0 Å². The van der Waals surface area contributed by atoms with Gasteiger partial charge in [0.2, 0.25) is 0 Å². The van der Waals surface area contributed by atoms with E-state index < -0.39 is 13.9 Å². The molecule has 0 aromatic heterocycles. The Hall–Kier alpha value is -3.62. The van der Waals surface area contributed by atoms with Gasteiger partial charge in [-0.15, -0.1) is 0 Å². The van der Waals surface area contributed by atoms with E-state index in [0.717, 1.165) is 5.69 Å². The first-order chi connectivity index (χ1) is 19.9. The van der Waals surface area contributed by atoms with E-state index in [1.807, 2.05) is 45.0 Å². The smallest absolute Gasteiger partial charge is 0.410 e. The maximum atomic E-state index is 13.2. The number of amides is 1. The van der Waals surface area contributed by atoms with E-state index >= 15 is 0 Å². The second-order valence-electron chi connectivity index (χ2n) is 12.8. The Balaban J connectivity index is 1.72. The summed E-state index contributed by atoms with van der Waals surface area (Å²) < 4.78 is 17.9. The third-order valence-electron chi connectivity index (χ3n) is 7.66. The van der Waals surface area contributed by atoms with Crippen molar-refractivity contribution in [3.8, 4) is 0 Å². The maximum absolute atomic E-state index is 13.2. The highest BCUT2D eigenvalue weighted by Crippen LogP contribution is 2.37. The summed E-state index contributed by atoms with van der Waals surface area (Å²) in [6.07, 6.45) is -0.321. The number of carbonyl (C=O) groups is 2. The van der Waals surface area contributed by atoms with Crippen LogP contribution in [-0.4, -0.2) is 70.3 Å². The van der Waals surface area contributed by atoms with Crippen LogP contribution >= 0.6 is 0 Å². The molecular weight excluding hydrogens is 544 g/mol. The van der Waals surface area contributed by atoms with E-state index in [1.54, 1.807) is 17.0 Å². The number of hydrogen-bond donors (Lipinski definition) is 0. The van der Waals surface area contributed by atoms with Crippen LogP contribution in [0, 0.1) is 0 Å². The van der Waals surface area contributed by atoms with Gasteiger partial charge in [-0.2, -0.15) is 0 Å². The number of nitrogens with zero attached hydrogens (tertiary/aromatic N) is 2. The van der Waals surface area contributed by atoms with Gasteiger partial charge in [0.15, 0.2) is 0 Å². The second kappa shape index (κ2) is 12.7. The Morgan fingerprint density at radius 2 is 1.36 bits per heavy atom. The van der Waals surface area contributed by atoms with Crippen molar-refractivity contribution in [2.75, 3.05) is 38.3 Å². The van der Waals surface area contributed by atoms with Gasteiger partial charge in [-0.1, -0.05) is 81.4 Å². The molecule has 1 aliphatic heterocycles. The van der Waals surface area contributed by atoms with Gasteiger partial charge in [0.25, 0.3) is 8.32 Å². The zero-order valence-corrected chi connectivity index (χ0v) is 26.9. The molecule has 0 saturated carbocycles. The van der Waals surface area contributed by atoms with Crippen LogP contribution in [0.5, 0.6) is 0 Å². The number of benzene rings is 3. The Kier molecular flexibility index (Phi) is 9.48. The number of ether oxygens (including phenoxy) is 2. The van der Waals surface area contributed by atoms with E-state index in [4.69, 9.17) is 13.9 Å². The van der Waals surface area contributed by atoms with Crippen LogP contribution in [-0.2, 0) is 13.9 Å². The zero-order chi connectivity index (χ0) is 30.5. The topological polar surface area (TPSA) is 68.3 Å². The molecule has 0 aliphatic carbocycles. The molecule has 7 nitrogen and oxygen atoms in total. The lowest BCUT2D eigenvalue weighted by Crippen LogP contribution is -2.68. The van der Waals surface area contributed by atoms with Gasteiger partial charge < -0.3 is 23.7 Å². The maximum Gasteiger partial charge on any atom is 0.410 e. The van der Waals surface area contributed by atoms with Crippen LogP contribution < -0.4 is 15.3 Å². The van der Waals surface area contributed by atoms with E-state index in [-0.39, 0.29) is 23.1 Å². The molecule has 42 heavy (non-hydrogen) atoms. The Bertz CT molecular complexity index is 1290. The first kappa shape index (κ1) is 31.3. The van der Waals surface area contributed by atoms with Crippen LogP contribution in [0.4, 0.5) is 10.5 Å². The fraction of sp³-hybridized carbons (Fsp3) is 0.412. The summed E-state index contributed by atoms with van der Waals surface area (Å²) in [5, 5.41) is 2.23. The molecule has 0 unspecified atom stereocenters. The Labute approximate surface area is 251 Å². The fourth-order valence-electron chi connectivity index (χ4n) is 5.72. The third-order valence-corrected chi connectivity index (χ3v) is 12.7. The number of hydrogen-bond acceptors (Lipinski definition) is 6. The molecule has 0 radical (unpaired) electrons. The van der Waals surface area contributed by atoms with Crippen molar-refractivity contribution >= 4 is 36.4 Å². The summed E-state index contributed by atoms with van der Waals surface area (Å²) in [7, 11) is -1.42. The standard InChI is InChI=1S/C34H44N2O5Si/c1-33(2,3)41-32(38)35-22-23-36(27-20-18-26(19-21-27)31(37)39-7)28(24-35)25-40-42(34(4,5)6,29-14-10-8-11-15-29)30-16-12-9-13-17-30/h8-21,28H,22-25H2,1-7H3/t28-/m0/s1. The van der Waals surface area contributed by atoms with Gasteiger partial charge in [0.1, 0.15) is 5.60 Å². The largest absolute Gasteiger partial charge is 0.465 e. The molecular formula is C34H44N2O5Si. The predicted octanol–water partition coefficient (Wildman–Crippen LogP) is 5.48. The van der Waals surface area contributed by atoms with E-state index in [0.29, 0.717) is 31.8 Å². The van der Waals surface area contributed by atoms with E-state index in [9.17, 15) is 9.59 Å². The summed E-state index contributed by atoms with van der Waals surface area (Å²) in [5.74, 6) is -0.372. The van der Waals surface area contributed by atoms with E-state index in [2.05, 4.69) is 74.2 Å². The number of methoxy groups -OCH3 is 1. The molecule has 1 heterocycles. The minimum Gasteiger partial charge on any atom is -0.465 e. The summed E-state index contributed by atoms with van der Waals surface area (Å²) >= 11 is 0. The average molecular weight is 589 g/mol. The molecule has 4 rings (SSSR count). The minimum absolute atomic E-state index is 0.142. The van der Waals surface area contributed by atoms with Crippen LogP contribution in [0.25, 0.3) is 0 Å². The van der Waals surface area contributed by atoms with Crippen molar-refractivity contribution in [1.82, 2.24) is 4.90 Å². The van der Waals surface area contributed by atoms with Crippen LogP contribution in [0.2, 0.25) is 5.04 Å². The number of anilines is 1. The molecule has 1 atom stereocenters. The molecule has 224 valence electrons. The SMILES string of the molecule is COC(=O)c1ccc(N2CCN(C(=O)OC(C)(C)C)C[C@H]2CO[Si](c2ccccc2)(c2ccccc2)C(C)(C)C)cc1. The van der Waals surface area contributed by atoms with Crippen LogP contribution in [0.1, 0.15) is 51.9 Å². The number of esters is 1. The highest BCUT2D eigenvalue weighted by molar-refractivity contribution is 6.99. The Morgan fingerprint density at radius 1 is 0.810 bits per heavy atom. The molecule has 1 aliphatic rings. The molecule has 1 saturated heterocycles. The minimum atomic E-state index is -2.80. The summed E-state index contributed by atoms with van der Waals surface area (Å²) in [5.41, 5.74) is 0.870. The van der Waals surface area contributed by atoms with Gasteiger partial charge >= 0.3 is 12.1 Å². The van der Waals surface area contributed by atoms with Crippen LogP contribution in [0.15, 0.2) is 84.9 Å². The van der Waals surface area contributed by atoms with Gasteiger partial charge in [-0.3, -0.25) is 0 Å². The van der Waals surface area contributed by atoms with Gasteiger partial charge in [-0.05, 0) is 60.4 Å².